The molecule has 0 aliphatic carbocycles. The highest BCUT2D eigenvalue weighted by molar-refractivity contribution is 5.89. The molecule has 2 heterocycles. The van der Waals surface area contributed by atoms with Gasteiger partial charge in [-0.05, 0) is 35.9 Å². The number of methoxy groups -OCH3 is 1. The molecule has 0 atom stereocenters. The zero-order valence-corrected chi connectivity index (χ0v) is 17.3. The number of benzene rings is 2. The minimum absolute atomic E-state index is 0.0903. The number of hydrogen-bond acceptors (Lipinski definition) is 7. The Morgan fingerprint density at radius 3 is 2.62 bits per heavy atom. The first-order chi connectivity index (χ1) is 15.4. The molecule has 4 rings (SSSR count). The first-order valence-electron chi connectivity index (χ1n) is 9.61. The van der Waals surface area contributed by atoms with Gasteiger partial charge in [0.25, 0.3) is 5.88 Å². The van der Waals surface area contributed by atoms with Crippen molar-refractivity contribution in [2.45, 2.75) is 13.5 Å². The second kappa shape index (κ2) is 8.53. The van der Waals surface area contributed by atoms with Gasteiger partial charge in [0.1, 0.15) is 19.0 Å². The number of fused-ring (bicyclic) bond motifs is 1. The Hall–Kier alpha value is -4.15. The summed E-state index contributed by atoms with van der Waals surface area (Å²) in [4.78, 5) is 37.2. The number of carbonyl (C=O) groups is 1. The van der Waals surface area contributed by atoms with Crippen LogP contribution in [0.25, 0.3) is 5.69 Å². The Bertz CT molecular complexity index is 1320. The Morgan fingerprint density at radius 2 is 1.91 bits per heavy atom. The van der Waals surface area contributed by atoms with Gasteiger partial charge < -0.3 is 19.5 Å². The fourth-order valence-corrected chi connectivity index (χ4v) is 3.23. The number of ether oxygens (including phenoxy) is 3. The second-order valence-electron chi connectivity index (χ2n) is 6.92. The van der Waals surface area contributed by atoms with Gasteiger partial charge >= 0.3 is 11.2 Å². The highest BCUT2D eigenvalue weighted by atomic mass is 19.1. The number of amides is 1. The van der Waals surface area contributed by atoms with E-state index in [-0.39, 0.29) is 23.8 Å². The minimum atomic E-state index is -0.772. The van der Waals surface area contributed by atoms with Crippen molar-refractivity contribution in [2.24, 2.45) is 0 Å². The van der Waals surface area contributed by atoms with E-state index in [1.807, 2.05) is 0 Å². The second-order valence-corrected chi connectivity index (χ2v) is 6.92. The predicted octanol–water partition coefficient (Wildman–Crippen LogP) is 1.32. The number of hydrogen-bond donors (Lipinski definition) is 1. The monoisotopic (exact) mass is 442 g/mol. The molecule has 0 fully saturated rings. The van der Waals surface area contributed by atoms with E-state index in [9.17, 15) is 18.8 Å². The summed E-state index contributed by atoms with van der Waals surface area (Å²) >= 11 is 0. The van der Waals surface area contributed by atoms with Gasteiger partial charge in [0.2, 0.25) is 5.91 Å². The number of halogens is 1. The maximum Gasteiger partial charge on any atom is 0.352 e. The van der Waals surface area contributed by atoms with Gasteiger partial charge in [0.15, 0.2) is 11.5 Å². The van der Waals surface area contributed by atoms with Crippen molar-refractivity contribution in [3.05, 3.63) is 68.6 Å². The van der Waals surface area contributed by atoms with Crippen molar-refractivity contribution in [1.29, 1.82) is 0 Å². The lowest BCUT2D eigenvalue weighted by Gasteiger charge is -2.19. The van der Waals surface area contributed by atoms with Crippen LogP contribution in [0.3, 0.4) is 0 Å². The van der Waals surface area contributed by atoms with Crippen molar-refractivity contribution in [2.75, 3.05) is 25.6 Å². The molecule has 3 aromatic rings. The van der Waals surface area contributed by atoms with E-state index in [1.165, 1.54) is 26.2 Å². The number of aromatic nitrogens is 3. The van der Waals surface area contributed by atoms with Gasteiger partial charge in [0.05, 0.1) is 25.0 Å². The molecule has 1 aromatic heterocycles. The largest absolute Gasteiger partial charge is 0.486 e. The number of nitrogens with one attached hydrogen (secondary N) is 1. The quantitative estimate of drug-likeness (QED) is 0.634. The van der Waals surface area contributed by atoms with E-state index in [0.717, 1.165) is 15.3 Å². The van der Waals surface area contributed by atoms with Gasteiger partial charge in [-0.15, -0.1) is 5.10 Å². The lowest BCUT2D eigenvalue weighted by molar-refractivity contribution is -0.114. The molecular formula is C21H19FN4O6. The number of nitrogens with zero attached hydrogens (tertiary/aromatic N) is 3. The SMILES string of the molecule is COc1nn(-c2ccc(F)c(NC(C)=O)c2)c(=O)n(Cc2ccc3c(c2)OCCO3)c1=O. The number of carbonyl (C=O) groups excluding carboxylic acids is 1. The summed E-state index contributed by atoms with van der Waals surface area (Å²) in [5.74, 6) is -0.404. The van der Waals surface area contributed by atoms with Gasteiger partial charge in [-0.2, -0.15) is 4.68 Å². The first-order valence-corrected chi connectivity index (χ1v) is 9.61. The summed E-state index contributed by atoms with van der Waals surface area (Å²) < 4.78 is 32.0. The molecule has 10 nitrogen and oxygen atoms in total. The van der Waals surface area contributed by atoms with Gasteiger partial charge in [-0.1, -0.05) is 6.07 Å². The van der Waals surface area contributed by atoms with E-state index in [2.05, 4.69) is 10.4 Å². The molecule has 0 bridgehead atoms. The van der Waals surface area contributed by atoms with E-state index >= 15 is 0 Å². The third kappa shape index (κ3) is 4.04. The van der Waals surface area contributed by atoms with Crippen LogP contribution in [0.4, 0.5) is 10.1 Å². The van der Waals surface area contributed by atoms with Gasteiger partial charge in [0, 0.05) is 6.92 Å². The maximum absolute atomic E-state index is 14.0. The van der Waals surface area contributed by atoms with Gasteiger partial charge in [-0.25, -0.2) is 13.8 Å². The van der Waals surface area contributed by atoms with Crippen molar-refractivity contribution in [3.63, 3.8) is 0 Å². The molecule has 1 aliphatic rings. The Balaban J connectivity index is 1.80. The van der Waals surface area contributed by atoms with Crippen LogP contribution in [0.2, 0.25) is 0 Å². The highest BCUT2D eigenvalue weighted by Gasteiger charge is 2.18. The van der Waals surface area contributed by atoms with Crippen LogP contribution < -0.4 is 30.8 Å². The van der Waals surface area contributed by atoms with Crippen LogP contribution in [-0.2, 0) is 11.3 Å². The fourth-order valence-electron chi connectivity index (χ4n) is 3.23. The molecule has 0 unspecified atom stereocenters. The molecule has 0 saturated carbocycles. The fraction of sp³-hybridized carbons (Fsp3) is 0.238. The van der Waals surface area contributed by atoms with Crippen LogP contribution in [-0.4, -0.2) is 40.6 Å². The summed E-state index contributed by atoms with van der Waals surface area (Å²) in [7, 11) is 1.25. The van der Waals surface area contributed by atoms with Crippen LogP contribution in [0, 0.1) is 5.82 Å². The third-order valence-electron chi connectivity index (χ3n) is 4.68. The topological polar surface area (TPSA) is 114 Å². The Kier molecular flexibility index (Phi) is 5.63. The Labute approximate surface area is 180 Å². The van der Waals surface area contributed by atoms with E-state index < -0.39 is 23.0 Å². The normalized spacial score (nSPS) is 12.3. The average Bonchev–Trinajstić information content (AvgIpc) is 2.78. The third-order valence-corrected chi connectivity index (χ3v) is 4.68. The van der Waals surface area contributed by atoms with Crippen molar-refractivity contribution < 1.29 is 23.4 Å². The summed E-state index contributed by atoms with van der Waals surface area (Å²) in [5, 5.41) is 6.30. The van der Waals surface area contributed by atoms with Crippen molar-refractivity contribution in [1.82, 2.24) is 14.3 Å². The molecule has 1 N–H and O–H groups in total. The molecule has 0 saturated heterocycles. The summed E-state index contributed by atoms with van der Waals surface area (Å²) in [6.45, 7) is 1.98. The molecule has 0 spiro atoms. The standard InChI is InChI=1S/C21H19FN4O6/c1-12(27)23-16-10-14(4-5-15(16)22)26-21(29)25(20(28)19(24-26)30-2)11-13-3-6-17-18(9-13)32-8-7-31-17/h3-6,9-10H,7-8,11H2,1-2H3,(H,23,27). The van der Waals surface area contributed by atoms with Crippen LogP contribution in [0.15, 0.2) is 46.0 Å². The summed E-state index contributed by atoms with van der Waals surface area (Å²) in [6, 6.07) is 8.72. The van der Waals surface area contributed by atoms with E-state index in [0.29, 0.717) is 30.3 Å². The average molecular weight is 442 g/mol. The molecular weight excluding hydrogens is 423 g/mol. The lowest BCUT2D eigenvalue weighted by Crippen LogP contribution is -2.41. The first kappa shape index (κ1) is 21.1. The molecule has 1 amide bonds. The zero-order valence-electron chi connectivity index (χ0n) is 17.3. The minimum Gasteiger partial charge on any atom is -0.486 e. The summed E-state index contributed by atoms with van der Waals surface area (Å²) in [5.41, 5.74) is -0.883. The number of rotatable bonds is 5. The predicted molar refractivity (Wildman–Crippen MR) is 111 cm³/mol. The Morgan fingerprint density at radius 1 is 1.16 bits per heavy atom. The van der Waals surface area contributed by atoms with E-state index in [1.54, 1.807) is 18.2 Å². The smallest absolute Gasteiger partial charge is 0.352 e. The molecule has 0 radical (unpaired) electrons. The molecule has 11 heteroatoms. The van der Waals surface area contributed by atoms with E-state index in [4.69, 9.17) is 14.2 Å². The molecule has 1 aliphatic heterocycles. The summed E-state index contributed by atoms with van der Waals surface area (Å²) in [6.07, 6.45) is 0. The molecule has 32 heavy (non-hydrogen) atoms. The maximum atomic E-state index is 14.0. The lowest BCUT2D eigenvalue weighted by atomic mass is 10.2. The van der Waals surface area contributed by atoms with Crippen LogP contribution >= 0.6 is 0 Å². The van der Waals surface area contributed by atoms with Crippen LogP contribution in [0.5, 0.6) is 17.4 Å². The zero-order chi connectivity index (χ0) is 22.8. The van der Waals surface area contributed by atoms with Gasteiger partial charge in [-0.3, -0.25) is 9.59 Å². The van der Waals surface area contributed by atoms with Crippen LogP contribution in [0.1, 0.15) is 12.5 Å². The van der Waals surface area contributed by atoms with Crippen molar-refractivity contribution >= 4 is 11.6 Å². The highest BCUT2D eigenvalue weighted by Crippen LogP contribution is 2.30. The van der Waals surface area contributed by atoms with Crippen molar-refractivity contribution in [3.8, 4) is 23.1 Å². The molecule has 2 aromatic carbocycles. The number of anilines is 1. The molecule has 166 valence electrons.